The Morgan fingerprint density at radius 3 is 2.61 bits per heavy atom. The summed E-state index contributed by atoms with van der Waals surface area (Å²) in [5.41, 5.74) is 2.88. The minimum atomic E-state index is -1.15. The number of likely N-dealkylation sites (tertiary alicyclic amines) is 1. The molecule has 0 radical (unpaired) electrons. The SMILES string of the molecule is COC(=O)c1cc2c([nH]c1=O)C[C@@]1(C3=C(C)C(C)CC(OC)=C3)CCN(Cc3ccccc3)[C@H](C)[C@]1(O)C2. The largest absolute Gasteiger partial charge is 0.501 e. The van der Waals surface area contributed by atoms with Gasteiger partial charge in [-0.1, -0.05) is 42.8 Å². The fraction of sp³-hybridized carbons (Fsp3) is 0.484. The number of carbonyl (C=O) groups excluding carboxylic acids is 1. The summed E-state index contributed by atoms with van der Waals surface area (Å²) < 4.78 is 10.6. The van der Waals surface area contributed by atoms with E-state index in [1.54, 1.807) is 13.2 Å². The van der Waals surface area contributed by atoms with Gasteiger partial charge in [0.25, 0.3) is 5.56 Å². The third kappa shape index (κ3) is 4.12. The number of esters is 1. The summed E-state index contributed by atoms with van der Waals surface area (Å²) in [6.07, 6.45) is 4.48. The van der Waals surface area contributed by atoms with E-state index in [2.05, 4.69) is 48.9 Å². The molecule has 2 aromatic rings. The van der Waals surface area contributed by atoms with Crippen LogP contribution in [0.3, 0.4) is 0 Å². The molecule has 1 aromatic heterocycles. The van der Waals surface area contributed by atoms with Gasteiger partial charge in [0, 0.05) is 43.0 Å². The normalized spacial score (nSPS) is 29.3. The molecule has 3 aliphatic rings. The standard InChI is InChI=1S/C31H38N2O5/c1-19-13-24(37-4)15-26(20(19)2)30-11-12-33(18-22-9-7-6-8-10-22)21(3)31(30,36)16-23-14-25(29(35)38-5)28(34)32-27(23)17-30/h6-10,14-15,19,21,36H,11-13,16-18H2,1-5H3,(H,32,34)/t19?,21-,30-,31-/m1/s1. The van der Waals surface area contributed by atoms with Crippen LogP contribution in [0.1, 0.15) is 60.8 Å². The van der Waals surface area contributed by atoms with Crippen molar-refractivity contribution in [2.45, 2.75) is 64.6 Å². The monoisotopic (exact) mass is 518 g/mol. The van der Waals surface area contributed by atoms with Crippen molar-refractivity contribution in [1.82, 2.24) is 9.88 Å². The number of rotatable bonds is 5. The van der Waals surface area contributed by atoms with Crippen molar-refractivity contribution in [2.75, 3.05) is 20.8 Å². The van der Waals surface area contributed by atoms with Crippen LogP contribution < -0.4 is 5.56 Å². The molecular weight excluding hydrogens is 480 g/mol. The van der Waals surface area contributed by atoms with Crippen molar-refractivity contribution in [3.63, 3.8) is 0 Å². The number of ether oxygens (including phenoxy) is 2. The van der Waals surface area contributed by atoms with Crippen LogP contribution in [0.15, 0.2) is 64.2 Å². The van der Waals surface area contributed by atoms with Crippen LogP contribution in [-0.4, -0.2) is 53.4 Å². The van der Waals surface area contributed by atoms with Crippen LogP contribution in [0.5, 0.6) is 0 Å². The van der Waals surface area contributed by atoms with Gasteiger partial charge in [-0.05, 0) is 61.6 Å². The molecule has 38 heavy (non-hydrogen) atoms. The quantitative estimate of drug-likeness (QED) is 0.578. The zero-order valence-corrected chi connectivity index (χ0v) is 23.0. The van der Waals surface area contributed by atoms with Gasteiger partial charge < -0.3 is 19.6 Å². The zero-order valence-electron chi connectivity index (χ0n) is 23.0. The maximum Gasteiger partial charge on any atom is 0.343 e. The number of benzene rings is 1. The molecule has 2 heterocycles. The van der Waals surface area contributed by atoms with E-state index in [9.17, 15) is 14.7 Å². The molecule has 2 aliphatic carbocycles. The van der Waals surface area contributed by atoms with Crippen molar-refractivity contribution in [3.8, 4) is 0 Å². The molecule has 1 aliphatic heterocycles. The number of aromatic nitrogens is 1. The number of H-pyrrole nitrogens is 1. The lowest BCUT2D eigenvalue weighted by Crippen LogP contribution is -2.69. The third-order valence-electron chi connectivity index (χ3n) is 9.44. The number of aliphatic hydroxyl groups is 1. The Balaban J connectivity index is 1.67. The average Bonchev–Trinajstić information content (AvgIpc) is 2.91. The Kier molecular flexibility index (Phi) is 6.86. The minimum absolute atomic E-state index is 0.0322. The van der Waals surface area contributed by atoms with Gasteiger partial charge in [-0.15, -0.1) is 0 Å². The lowest BCUT2D eigenvalue weighted by atomic mass is 9.51. The first-order valence-electron chi connectivity index (χ1n) is 13.4. The maximum atomic E-state index is 12.9. The van der Waals surface area contributed by atoms with E-state index in [0.717, 1.165) is 48.5 Å². The molecule has 0 saturated carbocycles. The second-order valence-electron chi connectivity index (χ2n) is 11.3. The van der Waals surface area contributed by atoms with Crippen LogP contribution in [0, 0.1) is 11.3 Å². The fourth-order valence-electron chi connectivity index (χ4n) is 6.99. The zero-order chi connectivity index (χ0) is 27.2. The predicted octanol–water partition coefficient (Wildman–Crippen LogP) is 4.16. The van der Waals surface area contributed by atoms with Gasteiger partial charge >= 0.3 is 5.97 Å². The summed E-state index contributed by atoms with van der Waals surface area (Å²) in [7, 11) is 2.97. The smallest absolute Gasteiger partial charge is 0.343 e. The molecule has 0 spiro atoms. The number of piperidine rings is 1. The number of pyridine rings is 1. The van der Waals surface area contributed by atoms with Crippen LogP contribution in [0.4, 0.5) is 0 Å². The summed E-state index contributed by atoms with van der Waals surface area (Å²) in [6, 6.07) is 11.8. The number of hydrogen-bond donors (Lipinski definition) is 2. The summed E-state index contributed by atoms with van der Waals surface area (Å²) in [5.74, 6) is 0.519. The Morgan fingerprint density at radius 1 is 1.18 bits per heavy atom. The third-order valence-corrected chi connectivity index (χ3v) is 9.44. The van der Waals surface area contributed by atoms with Gasteiger partial charge in [0.15, 0.2) is 0 Å². The molecule has 0 bridgehead atoms. The fourth-order valence-corrected chi connectivity index (χ4v) is 6.99. The minimum Gasteiger partial charge on any atom is -0.501 e. The van der Waals surface area contributed by atoms with Crippen LogP contribution in [0.2, 0.25) is 0 Å². The van der Waals surface area contributed by atoms with E-state index >= 15 is 0 Å². The number of hydrogen-bond acceptors (Lipinski definition) is 6. The van der Waals surface area contributed by atoms with Gasteiger partial charge in [-0.2, -0.15) is 0 Å². The van der Waals surface area contributed by atoms with Crippen molar-refractivity contribution >= 4 is 5.97 Å². The van der Waals surface area contributed by atoms with E-state index in [1.165, 1.54) is 18.2 Å². The van der Waals surface area contributed by atoms with Crippen molar-refractivity contribution in [2.24, 2.45) is 11.3 Å². The Hall–Kier alpha value is -3.16. The highest BCUT2D eigenvalue weighted by atomic mass is 16.5. The molecular formula is C31H38N2O5. The number of methoxy groups -OCH3 is 2. The maximum absolute atomic E-state index is 12.9. The highest BCUT2D eigenvalue weighted by Crippen LogP contribution is 2.57. The van der Waals surface area contributed by atoms with E-state index < -0.39 is 22.5 Å². The highest BCUT2D eigenvalue weighted by molar-refractivity contribution is 5.89. The Labute approximate surface area is 224 Å². The molecule has 4 atom stereocenters. The molecule has 1 aromatic carbocycles. The number of fused-ring (bicyclic) bond motifs is 2. The van der Waals surface area contributed by atoms with Gasteiger partial charge in [-0.3, -0.25) is 9.69 Å². The molecule has 5 rings (SSSR count). The topological polar surface area (TPSA) is 91.9 Å². The average molecular weight is 519 g/mol. The first kappa shape index (κ1) is 26.4. The van der Waals surface area contributed by atoms with Crippen molar-refractivity contribution in [1.29, 1.82) is 0 Å². The summed E-state index contributed by atoms with van der Waals surface area (Å²) >= 11 is 0. The highest BCUT2D eigenvalue weighted by Gasteiger charge is 2.61. The molecule has 1 fully saturated rings. The lowest BCUT2D eigenvalue weighted by Gasteiger charge is -2.61. The van der Waals surface area contributed by atoms with Crippen LogP contribution >= 0.6 is 0 Å². The van der Waals surface area contributed by atoms with Crippen LogP contribution in [0.25, 0.3) is 0 Å². The van der Waals surface area contributed by atoms with E-state index in [-0.39, 0.29) is 17.5 Å². The molecule has 7 heteroatoms. The predicted molar refractivity (Wildman–Crippen MR) is 146 cm³/mol. The van der Waals surface area contributed by atoms with E-state index in [4.69, 9.17) is 9.47 Å². The molecule has 2 N–H and O–H groups in total. The van der Waals surface area contributed by atoms with E-state index in [0.29, 0.717) is 12.8 Å². The number of nitrogens with one attached hydrogen (secondary N) is 1. The van der Waals surface area contributed by atoms with Crippen molar-refractivity contribution < 1.29 is 19.4 Å². The van der Waals surface area contributed by atoms with E-state index in [1.807, 2.05) is 18.2 Å². The first-order valence-corrected chi connectivity index (χ1v) is 13.4. The first-order chi connectivity index (χ1) is 18.1. The van der Waals surface area contributed by atoms with Gasteiger partial charge in [0.1, 0.15) is 5.56 Å². The summed E-state index contributed by atoms with van der Waals surface area (Å²) in [6.45, 7) is 8.02. The molecule has 7 nitrogen and oxygen atoms in total. The van der Waals surface area contributed by atoms with Gasteiger partial charge in [-0.25, -0.2) is 4.79 Å². The summed E-state index contributed by atoms with van der Waals surface area (Å²) in [5, 5.41) is 12.9. The summed E-state index contributed by atoms with van der Waals surface area (Å²) in [4.78, 5) is 30.5. The Bertz CT molecular complexity index is 1360. The number of nitrogens with zero attached hydrogens (tertiary/aromatic N) is 1. The lowest BCUT2D eigenvalue weighted by molar-refractivity contribution is -0.160. The van der Waals surface area contributed by atoms with Crippen molar-refractivity contribution in [3.05, 3.63) is 92.1 Å². The van der Waals surface area contributed by atoms with Gasteiger partial charge in [0.2, 0.25) is 0 Å². The van der Waals surface area contributed by atoms with Gasteiger partial charge in [0.05, 0.1) is 25.6 Å². The number of aromatic amines is 1. The number of carbonyl (C=O) groups is 1. The molecule has 0 amide bonds. The molecule has 202 valence electrons. The second-order valence-corrected chi connectivity index (χ2v) is 11.3. The van der Waals surface area contributed by atoms with Crippen LogP contribution in [-0.2, 0) is 28.9 Å². The second kappa shape index (κ2) is 9.86. The molecule has 1 saturated heterocycles. The molecule has 1 unspecified atom stereocenters. The Morgan fingerprint density at radius 2 is 1.92 bits per heavy atom. The number of allylic oxidation sites excluding steroid dienone is 3.